The van der Waals surface area contributed by atoms with Crippen LogP contribution in [0.4, 0.5) is 0 Å². The second-order valence-electron chi connectivity index (χ2n) is 12.5. The first-order valence-corrected chi connectivity index (χ1v) is 16.8. The summed E-state index contributed by atoms with van der Waals surface area (Å²) < 4.78 is 6.09. The van der Waals surface area contributed by atoms with Crippen LogP contribution in [0.2, 0.25) is 0 Å². The van der Waals surface area contributed by atoms with Gasteiger partial charge in [0, 0.05) is 33.7 Å². The zero-order valence-electron chi connectivity index (χ0n) is 27.2. The maximum Gasteiger partial charge on any atom is 0.164 e. The number of furan rings is 1. The molecule has 0 spiro atoms. The van der Waals surface area contributed by atoms with Gasteiger partial charge in [-0.25, -0.2) is 19.9 Å². The van der Waals surface area contributed by atoms with E-state index in [0.717, 1.165) is 82.8 Å². The van der Waals surface area contributed by atoms with Crippen LogP contribution in [0.3, 0.4) is 0 Å². The van der Waals surface area contributed by atoms with E-state index in [4.69, 9.17) is 29.3 Å². The van der Waals surface area contributed by atoms with E-state index in [2.05, 4.69) is 60.7 Å². The van der Waals surface area contributed by atoms with E-state index >= 15 is 0 Å². The molecule has 0 saturated carbocycles. The quantitative estimate of drug-likeness (QED) is 0.184. The number of rotatable bonds is 5. The van der Waals surface area contributed by atoms with Crippen LogP contribution in [0.5, 0.6) is 0 Å². The highest BCUT2D eigenvalue weighted by atomic mass is 16.3. The average molecular weight is 654 g/mol. The maximum atomic E-state index is 6.09. The van der Waals surface area contributed by atoms with Crippen LogP contribution in [0.15, 0.2) is 168 Å². The van der Waals surface area contributed by atoms with Crippen molar-refractivity contribution in [3.8, 4) is 56.7 Å². The van der Waals surface area contributed by atoms with Crippen molar-refractivity contribution in [2.24, 2.45) is 0 Å². The molecule has 51 heavy (non-hydrogen) atoms. The molecule has 4 aromatic heterocycles. The number of fused-ring (bicyclic) bond motifs is 5. The number of hydrogen-bond acceptors (Lipinski definition) is 6. The van der Waals surface area contributed by atoms with E-state index in [9.17, 15) is 0 Å². The van der Waals surface area contributed by atoms with Gasteiger partial charge in [0.25, 0.3) is 0 Å². The topological polar surface area (TPSA) is 77.6 Å². The molecule has 0 N–H and O–H groups in total. The Morgan fingerprint density at radius 1 is 0.412 bits per heavy atom. The van der Waals surface area contributed by atoms with Crippen LogP contribution in [0.1, 0.15) is 0 Å². The summed E-state index contributed by atoms with van der Waals surface area (Å²) in [5.41, 5.74) is 8.84. The SMILES string of the molecule is c1ccc(-c2nc(-c3ccccc3)nc(-c3cc(-c4cccc5ccnc(-c6ccc7oc8ccccc8c7n6)c45)cc4ccccc34)n2)cc1. The first-order chi connectivity index (χ1) is 25.3. The summed E-state index contributed by atoms with van der Waals surface area (Å²) in [6.45, 7) is 0. The van der Waals surface area contributed by atoms with Crippen LogP contribution < -0.4 is 0 Å². The van der Waals surface area contributed by atoms with Crippen molar-refractivity contribution in [1.29, 1.82) is 0 Å². The Morgan fingerprint density at radius 3 is 1.86 bits per heavy atom. The summed E-state index contributed by atoms with van der Waals surface area (Å²) in [7, 11) is 0. The van der Waals surface area contributed by atoms with Gasteiger partial charge in [-0.15, -0.1) is 0 Å². The number of benzene rings is 6. The summed E-state index contributed by atoms with van der Waals surface area (Å²) in [4.78, 5) is 25.2. The third-order valence-electron chi connectivity index (χ3n) is 9.37. The molecule has 238 valence electrons. The van der Waals surface area contributed by atoms with E-state index in [0.29, 0.717) is 17.5 Å². The summed E-state index contributed by atoms with van der Waals surface area (Å²) >= 11 is 0. The van der Waals surface area contributed by atoms with Crippen LogP contribution in [-0.4, -0.2) is 24.9 Å². The molecule has 4 heterocycles. The van der Waals surface area contributed by atoms with Crippen molar-refractivity contribution in [3.05, 3.63) is 164 Å². The van der Waals surface area contributed by atoms with Gasteiger partial charge >= 0.3 is 0 Å². The Labute approximate surface area is 292 Å². The molecule has 6 aromatic carbocycles. The van der Waals surface area contributed by atoms with E-state index in [-0.39, 0.29) is 0 Å². The highest BCUT2D eigenvalue weighted by Crippen LogP contribution is 2.40. The average Bonchev–Trinajstić information content (AvgIpc) is 3.58. The third kappa shape index (κ3) is 5.01. The predicted octanol–water partition coefficient (Wildman–Crippen LogP) is 11.2. The lowest BCUT2D eigenvalue weighted by Crippen LogP contribution is -2.01. The first-order valence-electron chi connectivity index (χ1n) is 16.8. The van der Waals surface area contributed by atoms with E-state index in [1.807, 2.05) is 103 Å². The van der Waals surface area contributed by atoms with E-state index < -0.39 is 0 Å². The molecular weight excluding hydrogens is 627 g/mol. The third-order valence-corrected chi connectivity index (χ3v) is 9.37. The fourth-order valence-electron chi connectivity index (χ4n) is 6.97. The van der Waals surface area contributed by atoms with Gasteiger partial charge in [0.2, 0.25) is 0 Å². The van der Waals surface area contributed by atoms with Crippen LogP contribution in [0.25, 0.3) is 100 Å². The molecule has 10 aromatic rings. The molecule has 6 heteroatoms. The molecule has 0 bridgehead atoms. The van der Waals surface area contributed by atoms with Gasteiger partial charge in [0.1, 0.15) is 11.1 Å². The predicted molar refractivity (Wildman–Crippen MR) is 205 cm³/mol. The van der Waals surface area contributed by atoms with Gasteiger partial charge in [-0.05, 0) is 69.8 Å². The minimum Gasteiger partial charge on any atom is -0.454 e. The minimum atomic E-state index is 0.610. The smallest absolute Gasteiger partial charge is 0.164 e. The van der Waals surface area contributed by atoms with Crippen molar-refractivity contribution in [2.45, 2.75) is 0 Å². The highest BCUT2D eigenvalue weighted by Gasteiger charge is 2.19. The van der Waals surface area contributed by atoms with Gasteiger partial charge in [-0.2, -0.15) is 0 Å². The molecule has 0 aliphatic carbocycles. The van der Waals surface area contributed by atoms with Crippen molar-refractivity contribution >= 4 is 43.6 Å². The van der Waals surface area contributed by atoms with Gasteiger partial charge in [-0.1, -0.05) is 115 Å². The lowest BCUT2D eigenvalue weighted by atomic mass is 9.92. The molecule has 6 nitrogen and oxygen atoms in total. The fourth-order valence-corrected chi connectivity index (χ4v) is 6.97. The molecule has 0 radical (unpaired) electrons. The Kier molecular flexibility index (Phi) is 6.70. The van der Waals surface area contributed by atoms with Crippen molar-refractivity contribution in [3.63, 3.8) is 0 Å². The molecule has 0 unspecified atom stereocenters. The number of hydrogen-bond donors (Lipinski definition) is 0. The molecule has 0 aliphatic heterocycles. The second-order valence-corrected chi connectivity index (χ2v) is 12.5. The van der Waals surface area contributed by atoms with E-state index in [1.54, 1.807) is 0 Å². The molecule has 0 fully saturated rings. The molecule has 0 amide bonds. The standard InChI is InChI=1S/C45H27N5O/c1-3-12-29(13-4-1)43-48-44(30-14-5-2-6-15-30)50-45(49-43)36-27-32(26-31-16-7-8-18-33(31)36)34-20-11-17-28-24-25-46-42(40(28)34)37-22-23-39-41(47-37)35-19-9-10-21-38(35)51-39/h1-27H. The van der Waals surface area contributed by atoms with Crippen LogP contribution in [-0.2, 0) is 0 Å². The number of aromatic nitrogens is 5. The summed E-state index contributed by atoms with van der Waals surface area (Å²) in [5.74, 6) is 1.86. The highest BCUT2D eigenvalue weighted by molar-refractivity contribution is 6.09. The summed E-state index contributed by atoms with van der Waals surface area (Å²) in [6, 6.07) is 53.4. The number of para-hydroxylation sites is 1. The molecule has 0 saturated heterocycles. The number of nitrogens with zero attached hydrogens (tertiary/aromatic N) is 5. The van der Waals surface area contributed by atoms with Gasteiger partial charge in [0.05, 0.1) is 11.4 Å². The molecular formula is C45H27N5O. The van der Waals surface area contributed by atoms with Gasteiger partial charge < -0.3 is 4.42 Å². The van der Waals surface area contributed by atoms with Crippen LogP contribution in [0, 0.1) is 0 Å². The van der Waals surface area contributed by atoms with E-state index in [1.165, 1.54) is 0 Å². The Hall–Kier alpha value is -7.05. The monoisotopic (exact) mass is 653 g/mol. The lowest BCUT2D eigenvalue weighted by Gasteiger charge is -2.15. The Bertz CT molecular complexity index is 2860. The lowest BCUT2D eigenvalue weighted by molar-refractivity contribution is 0.668. The summed E-state index contributed by atoms with van der Waals surface area (Å²) in [5, 5.41) is 5.22. The van der Waals surface area contributed by atoms with Gasteiger partial charge in [0.15, 0.2) is 23.1 Å². The van der Waals surface area contributed by atoms with Crippen LogP contribution >= 0.6 is 0 Å². The molecule has 0 atom stereocenters. The Balaban J connectivity index is 1.21. The maximum absolute atomic E-state index is 6.09. The van der Waals surface area contributed by atoms with Crippen molar-refractivity contribution in [1.82, 2.24) is 24.9 Å². The Morgan fingerprint density at radius 2 is 1.08 bits per heavy atom. The van der Waals surface area contributed by atoms with Gasteiger partial charge in [-0.3, -0.25) is 4.98 Å². The first kappa shape index (κ1) is 28.9. The zero-order valence-corrected chi connectivity index (χ0v) is 27.2. The largest absolute Gasteiger partial charge is 0.454 e. The molecule has 10 rings (SSSR count). The second kappa shape index (κ2) is 11.8. The van der Waals surface area contributed by atoms with Crippen molar-refractivity contribution < 1.29 is 4.42 Å². The normalized spacial score (nSPS) is 11.5. The minimum absolute atomic E-state index is 0.610. The fraction of sp³-hybridized carbons (Fsp3) is 0. The zero-order chi connectivity index (χ0) is 33.7. The number of pyridine rings is 2. The van der Waals surface area contributed by atoms with Crippen molar-refractivity contribution in [2.75, 3.05) is 0 Å². The summed E-state index contributed by atoms with van der Waals surface area (Å²) in [6.07, 6.45) is 1.85. The molecule has 0 aliphatic rings.